The molecule has 194 valence electrons. The molecule has 2 heterocycles. The molecule has 3 rings (SSSR count). The maximum absolute atomic E-state index is 13.2. The smallest absolute Gasteiger partial charge is 0.323 e. The van der Waals surface area contributed by atoms with Crippen LogP contribution in [0.1, 0.15) is 38.7 Å². The molecule has 0 bridgehead atoms. The van der Waals surface area contributed by atoms with Crippen LogP contribution in [-0.2, 0) is 35.1 Å². The molecule has 1 aromatic rings. The van der Waals surface area contributed by atoms with Crippen molar-refractivity contribution in [1.82, 2.24) is 20.4 Å². The summed E-state index contributed by atoms with van der Waals surface area (Å²) in [6, 6.07) is 7.76. The third kappa shape index (κ3) is 7.00. The largest absolute Gasteiger partial charge is 0.465 e. The van der Waals surface area contributed by atoms with E-state index < -0.39 is 35.9 Å². The van der Waals surface area contributed by atoms with Gasteiger partial charge in [0.2, 0.25) is 11.8 Å². The number of hydrogen-bond acceptors (Lipinski definition) is 7. The third-order valence-electron chi connectivity index (χ3n) is 6.33. The minimum Gasteiger partial charge on any atom is -0.465 e. The molecule has 0 radical (unpaired) electrons. The van der Waals surface area contributed by atoms with Crippen LogP contribution in [0.4, 0.5) is 0 Å². The average molecular weight is 499 g/mol. The molecule has 10 heteroatoms. The summed E-state index contributed by atoms with van der Waals surface area (Å²) in [5, 5.41) is 5.84. The van der Waals surface area contributed by atoms with Gasteiger partial charge in [-0.15, -0.1) is 0 Å². The van der Waals surface area contributed by atoms with Crippen molar-refractivity contribution in [3.8, 4) is 0 Å². The van der Waals surface area contributed by atoms with Crippen LogP contribution in [0.15, 0.2) is 42.5 Å². The Balaban J connectivity index is 1.54. The van der Waals surface area contributed by atoms with Crippen molar-refractivity contribution in [2.75, 3.05) is 26.2 Å². The molecule has 10 nitrogen and oxygen atoms in total. The molecule has 1 saturated heterocycles. The van der Waals surface area contributed by atoms with Crippen molar-refractivity contribution in [3.63, 3.8) is 0 Å². The Morgan fingerprint density at radius 3 is 2.47 bits per heavy atom. The first-order valence-corrected chi connectivity index (χ1v) is 12.4. The zero-order valence-electron chi connectivity index (χ0n) is 20.8. The maximum atomic E-state index is 13.2. The maximum Gasteiger partial charge on any atom is 0.323 e. The van der Waals surface area contributed by atoms with E-state index in [1.165, 1.54) is 17.1 Å². The summed E-state index contributed by atoms with van der Waals surface area (Å²) in [7, 11) is 0. The number of likely N-dealkylation sites (tertiary alicyclic amines) is 1. The normalized spacial score (nSPS) is 18.9. The van der Waals surface area contributed by atoms with Gasteiger partial charge in [-0.2, -0.15) is 0 Å². The number of aryl methyl sites for hydroxylation is 1. The standard InChI is InChI=1S/C26H34N4O6/c1-3-36-26(35)20(12-11-19-8-5-4-6-9-19)28-18(2)25(34)29-16-7-10-21(29)24(33)27-15-17-30-22(31)13-14-23(30)32/h4-6,8-9,13-14,18,20-21,28H,3,7,10-12,15-17H2,1-2H3,(H,27,33). The number of carbonyl (C=O) groups is 5. The molecule has 0 aliphatic carbocycles. The monoisotopic (exact) mass is 498 g/mol. The molecular weight excluding hydrogens is 464 g/mol. The van der Waals surface area contributed by atoms with E-state index in [0.29, 0.717) is 32.2 Å². The Morgan fingerprint density at radius 2 is 1.81 bits per heavy atom. The lowest BCUT2D eigenvalue weighted by Gasteiger charge is -2.29. The van der Waals surface area contributed by atoms with Crippen LogP contribution in [0.2, 0.25) is 0 Å². The van der Waals surface area contributed by atoms with Gasteiger partial charge < -0.3 is 15.0 Å². The highest BCUT2D eigenvalue weighted by atomic mass is 16.5. The summed E-state index contributed by atoms with van der Waals surface area (Å²) in [6.45, 7) is 4.27. The number of rotatable bonds is 12. The summed E-state index contributed by atoms with van der Waals surface area (Å²) in [6.07, 6.45) is 4.69. The van der Waals surface area contributed by atoms with Gasteiger partial charge in [-0.05, 0) is 45.1 Å². The number of ether oxygens (including phenoxy) is 1. The fourth-order valence-corrected chi connectivity index (χ4v) is 4.45. The van der Waals surface area contributed by atoms with Gasteiger partial charge in [0.1, 0.15) is 12.1 Å². The Morgan fingerprint density at radius 1 is 1.11 bits per heavy atom. The number of hydrogen-bond donors (Lipinski definition) is 2. The molecule has 0 saturated carbocycles. The van der Waals surface area contributed by atoms with Gasteiger partial charge in [-0.1, -0.05) is 30.3 Å². The molecule has 4 amide bonds. The molecule has 3 unspecified atom stereocenters. The highest BCUT2D eigenvalue weighted by Gasteiger charge is 2.37. The third-order valence-corrected chi connectivity index (χ3v) is 6.33. The Labute approximate surface area is 211 Å². The van der Waals surface area contributed by atoms with E-state index in [-0.39, 0.29) is 31.5 Å². The summed E-state index contributed by atoms with van der Waals surface area (Å²) in [4.78, 5) is 64.5. The first kappa shape index (κ1) is 27.1. The quantitative estimate of drug-likeness (QED) is 0.319. The molecule has 0 spiro atoms. The number of benzene rings is 1. The van der Waals surface area contributed by atoms with E-state index in [0.717, 1.165) is 10.5 Å². The second-order valence-corrected chi connectivity index (χ2v) is 8.86. The summed E-state index contributed by atoms with van der Waals surface area (Å²) >= 11 is 0. The second-order valence-electron chi connectivity index (χ2n) is 8.86. The highest BCUT2D eigenvalue weighted by Crippen LogP contribution is 2.19. The average Bonchev–Trinajstić information content (AvgIpc) is 3.49. The van der Waals surface area contributed by atoms with Crippen molar-refractivity contribution in [1.29, 1.82) is 0 Å². The molecule has 36 heavy (non-hydrogen) atoms. The van der Waals surface area contributed by atoms with E-state index in [4.69, 9.17) is 4.74 Å². The van der Waals surface area contributed by atoms with Gasteiger partial charge in [0.05, 0.1) is 12.6 Å². The fraction of sp³-hybridized carbons (Fsp3) is 0.500. The number of esters is 1. The van der Waals surface area contributed by atoms with Gasteiger partial charge in [0.25, 0.3) is 11.8 Å². The van der Waals surface area contributed by atoms with Gasteiger partial charge >= 0.3 is 5.97 Å². The van der Waals surface area contributed by atoms with Crippen LogP contribution in [0.25, 0.3) is 0 Å². The van der Waals surface area contributed by atoms with Crippen molar-refractivity contribution in [2.45, 2.75) is 57.7 Å². The number of nitrogens with zero attached hydrogens (tertiary/aromatic N) is 2. The topological polar surface area (TPSA) is 125 Å². The van der Waals surface area contributed by atoms with Crippen LogP contribution in [-0.4, -0.2) is 83.8 Å². The number of carbonyl (C=O) groups excluding carboxylic acids is 5. The van der Waals surface area contributed by atoms with E-state index >= 15 is 0 Å². The Hall–Kier alpha value is -3.53. The first-order valence-electron chi connectivity index (χ1n) is 12.4. The van der Waals surface area contributed by atoms with Crippen LogP contribution in [0.5, 0.6) is 0 Å². The second kappa shape index (κ2) is 13.0. The zero-order chi connectivity index (χ0) is 26.1. The van der Waals surface area contributed by atoms with Gasteiger partial charge in [-0.3, -0.25) is 34.2 Å². The van der Waals surface area contributed by atoms with Gasteiger partial charge in [-0.25, -0.2) is 0 Å². The minimum atomic E-state index is -0.700. The summed E-state index contributed by atoms with van der Waals surface area (Å²) < 4.78 is 5.21. The Bertz CT molecular complexity index is 977. The minimum absolute atomic E-state index is 0.0671. The van der Waals surface area contributed by atoms with E-state index in [1.807, 2.05) is 30.3 Å². The first-order chi connectivity index (χ1) is 17.3. The van der Waals surface area contributed by atoms with Crippen molar-refractivity contribution >= 4 is 29.6 Å². The van der Waals surface area contributed by atoms with Crippen LogP contribution in [0.3, 0.4) is 0 Å². The van der Waals surface area contributed by atoms with Crippen LogP contribution in [0, 0.1) is 0 Å². The molecule has 0 aromatic heterocycles. The lowest BCUT2D eigenvalue weighted by atomic mass is 10.0. The molecular formula is C26H34N4O6. The SMILES string of the molecule is CCOC(=O)C(CCc1ccccc1)NC(C)C(=O)N1CCCC1C(=O)NCCN1C(=O)C=CC1=O. The predicted octanol–water partition coefficient (Wildman–Crippen LogP) is 0.561. The number of nitrogens with one attached hydrogen (secondary N) is 2. The molecule has 2 aliphatic heterocycles. The summed E-state index contributed by atoms with van der Waals surface area (Å²) in [5.74, 6) is -1.82. The Kier molecular flexibility index (Phi) is 9.75. The van der Waals surface area contributed by atoms with Crippen LogP contribution >= 0.6 is 0 Å². The molecule has 3 atom stereocenters. The van der Waals surface area contributed by atoms with Crippen molar-refractivity contribution < 1.29 is 28.7 Å². The van der Waals surface area contributed by atoms with E-state index in [9.17, 15) is 24.0 Å². The molecule has 2 N–H and O–H groups in total. The molecule has 1 fully saturated rings. The highest BCUT2D eigenvalue weighted by molar-refractivity contribution is 6.12. The van der Waals surface area contributed by atoms with Crippen molar-refractivity contribution in [2.24, 2.45) is 0 Å². The number of imide groups is 1. The van der Waals surface area contributed by atoms with Crippen LogP contribution < -0.4 is 10.6 Å². The van der Waals surface area contributed by atoms with Crippen molar-refractivity contribution in [3.05, 3.63) is 48.0 Å². The molecule has 2 aliphatic rings. The van der Waals surface area contributed by atoms with E-state index in [2.05, 4.69) is 10.6 Å². The summed E-state index contributed by atoms with van der Waals surface area (Å²) in [5.41, 5.74) is 1.08. The molecule has 1 aromatic carbocycles. The van der Waals surface area contributed by atoms with Gasteiger partial charge in [0, 0.05) is 31.8 Å². The van der Waals surface area contributed by atoms with Gasteiger partial charge in [0.15, 0.2) is 0 Å². The van der Waals surface area contributed by atoms with E-state index in [1.54, 1.807) is 13.8 Å². The fourth-order valence-electron chi connectivity index (χ4n) is 4.45. The lowest BCUT2D eigenvalue weighted by molar-refractivity contribution is -0.147. The predicted molar refractivity (Wildman–Crippen MR) is 131 cm³/mol. The lowest BCUT2D eigenvalue weighted by Crippen LogP contribution is -2.55. The zero-order valence-corrected chi connectivity index (χ0v) is 20.8. The number of amides is 4.